The standard InChI is InChI=1S/C17H22N6O2/c1-11-9-14(20-12(2)19-11)16(24)23-7-8-25-15(10-23)13-5-6-18-17(21-13)22(3)4/h5-6,9,15H,7-8,10H2,1-4H3/t15-/m1/s1. The third kappa shape index (κ3) is 3.90. The number of aromatic nitrogens is 4. The molecule has 1 aliphatic rings. The maximum Gasteiger partial charge on any atom is 0.272 e. The number of anilines is 1. The molecule has 2 aromatic heterocycles. The monoisotopic (exact) mass is 342 g/mol. The largest absolute Gasteiger partial charge is 0.368 e. The quantitative estimate of drug-likeness (QED) is 0.827. The molecule has 3 heterocycles. The van der Waals surface area contributed by atoms with Crippen molar-refractivity contribution in [1.29, 1.82) is 0 Å². The summed E-state index contributed by atoms with van der Waals surface area (Å²) in [5, 5.41) is 0. The SMILES string of the molecule is Cc1cc(C(=O)N2CCO[C@@H](c3ccnc(N(C)C)n3)C2)nc(C)n1. The maximum absolute atomic E-state index is 12.8. The lowest BCUT2D eigenvalue weighted by atomic mass is 10.2. The van der Waals surface area contributed by atoms with E-state index >= 15 is 0 Å². The van der Waals surface area contributed by atoms with Crippen LogP contribution < -0.4 is 4.90 Å². The first-order valence-electron chi connectivity index (χ1n) is 8.17. The zero-order valence-electron chi connectivity index (χ0n) is 14.9. The van der Waals surface area contributed by atoms with Crippen LogP contribution in [0.3, 0.4) is 0 Å². The summed E-state index contributed by atoms with van der Waals surface area (Å²) in [7, 11) is 3.77. The van der Waals surface area contributed by atoms with E-state index in [2.05, 4.69) is 19.9 Å². The summed E-state index contributed by atoms with van der Waals surface area (Å²) in [6.07, 6.45) is 1.43. The predicted octanol–water partition coefficient (Wildman–Crippen LogP) is 1.16. The molecular formula is C17H22N6O2. The Hall–Kier alpha value is -2.61. The van der Waals surface area contributed by atoms with Gasteiger partial charge in [0, 0.05) is 32.5 Å². The number of ether oxygens (including phenoxy) is 1. The first kappa shape index (κ1) is 17.2. The predicted molar refractivity (Wildman–Crippen MR) is 92.5 cm³/mol. The van der Waals surface area contributed by atoms with Gasteiger partial charge in [-0.3, -0.25) is 4.79 Å². The van der Waals surface area contributed by atoms with E-state index in [1.165, 1.54) is 0 Å². The molecule has 25 heavy (non-hydrogen) atoms. The topological polar surface area (TPSA) is 84.3 Å². The van der Waals surface area contributed by atoms with Crippen molar-refractivity contribution in [2.45, 2.75) is 20.0 Å². The molecule has 1 aliphatic heterocycles. The second kappa shape index (κ2) is 7.10. The Morgan fingerprint density at radius 3 is 2.80 bits per heavy atom. The Balaban J connectivity index is 1.79. The molecule has 1 amide bonds. The Morgan fingerprint density at radius 1 is 1.28 bits per heavy atom. The molecule has 0 saturated carbocycles. The molecule has 0 aromatic carbocycles. The van der Waals surface area contributed by atoms with E-state index in [0.29, 0.717) is 37.2 Å². The van der Waals surface area contributed by atoms with Gasteiger partial charge in [-0.1, -0.05) is 0 Å². The molecule has 3 rings (SSSR count). The average Bonchev–Trinajstić information content (AvgIpc) is 2.60. The van der Waals surface area contributed by atoms with Gasteiger partial charge in [0.15, 0.2) is 0 Å². The minimum absolute atomic E-state index is 0.108. The summed E-state index contributed by atoms with van der Waals surface area (Å²) in [6.45, 7) is 5.07. The molecule has 0 unspecified atom stereocenters. The van der Waals surface area contributed by atoms with Gasteiger partial charge in [-0.15, -0.1) is 0 Å². The van der Waals surface area contributed by atoms with Gasteiger partial charge in [-0.05, 0) is 26.0 Å². The Labute approximate surface area is 146 Å². The summed E-state index contributed by atoms with van der Waals surface area (Å²) in [5.74, 6) is 1.11. The molecule has 8 heteroatoms. The fourth-order valence-electron chi connectivity index (χ4n) is 2.76. The lowest BCUT2D eigenvalue weighted by Gasteiger charge is -2.32. The van der Waals surface area contributed by atoms with Gasteiger partial charge in [0.05, 0.1) is 18.8 Å². The third-order valence-corrected chi connectivity index (χ3v) is 3.93. The fraction of sp³-hybridized carbons (Fsp3) is 0.471. The summed E-state index contributed by atoms with van der Waals surface area (Å²) in [6, 6.07) is 3.54. The van der Waals surface area contributed by atoms with Crippen molar-refractivity contribution in [3.05, 3.63) is 41.2 Å². The van der Waals surface area contributed by atoms with Crippen LogP contribution in [0.2, 0.25) is 0 Å². The molecular weight excluding hydrogens is 320 g/mol. The number of amides is 1. The maximum atomic E-state index is 12.8. The molecule has 0 bridgehead atoms. The number of hydrogen-bond donors (Lipinski definition) is 0. The van der Waals surface area contributed by atoms with E-state index in [1.54, 1.807) is 24.1 Å². The number of nitrogens with zero attached hydrogens (tertiary/aromatic N) is 6. The van der Waals surface area contributed by atoms with E-state index < -0.39 is 0 Å². The van der Waals surface area contributed by atoms with Gasteiger partial charge >= 0.3 is 0 Å². The van der Waals surface area contributed by atoms with Crippen LogP contribution >= 0.6 is 0 Å². The van der Waals surface area contributed by atoms with Crippen molar-refractivity contribution in [3.63, 3.8) is 0 Å². The van der Waals surface area contributed by atoms with Gasteiger partial charge in [0.2, 0.25) is 5.95 Å². The van der Waals surface area contributed by atoms with Gasteiger partial charge in [-0.2, -0.15) is 0 Å². The van der Waals surface area contributed by atoms with Crippen LogP contribution in [0.1, 0.15) is 33.8 Å². The molecule has 1 atom stereocenters. The summed E-state index contributed by atoms with van der Waals surface area (Å²) < 4.78 is 5.83. The number of carbonyl (C=O) groups excluding carboxylic acids is 1. The lowest BCUT2D eigenvalue weighted by molar-refractivity contribution is -0.0249. The first-order valence-corrected chi connectivity index (χ1v) is 8.17. The molecule has 0 N–H and O–H groups in total. The summed E-state index contributed by atoms with van der Waals surface area (Å²) in [4.78, 5) is 33.6. The van der Waals surface area contributed by atoms with Crippen molar-refractivity contribution < 1.29 is 9.53 Å². The minimum atomic E-state index is -0.275. The van der Waals surface area contributed by atoms with Crippen LogP contribution in [0.15, 0.2) is 18.3 Å². The van der Waals surface area contributed by atoms with E-state index in [4.69, 9.17) is 4.74 Å². The van der Waals surface area contributed by atoms with Crippen LogP contribution in [0.25, 0.3) is 0 Å². The molecule has 2 aromatic rings. The third-order valence-electron chi connectivity index (χ3n) is 3.93. The van der Waals surface area contributed by atoms with Gasteiger partial charge in [0.1, 0.15) is 17.6 Å². The zero-order valence-corrected chi connectivity index (χ0v) is 14.9. The number of aryl methyl sites for hydroxylation is 2. The number of rotatable bonds is 3. The highest BCUT2D eigenvalue weighted by Gasteiger charge is 2.28. The van der Waals surface area contributed by atoms with Gasteiger partial charge < -0.3 is 14.5 Å². The van der Waals surface area contributed by atoms with Crippen LogP contribution in [-0.2, 0) is 4.74 Å². The highest BCUT2D eigenvalue weighted by Crippen LogP contribution is 2.22. The molecule has 1 saturated heterocycles. The first-order chi connectivity index (χ1) is 11.9. The van der Waals surface area contributed by atoms with E-state index in [9.17, 15) is 4.79 Å². The molecule has 0 spiro atoms. The summed E-state index contributed by atoms with van der Waals surface area (Å²) in [5.41, 5.74) is 1.97. The number of carbonyl (C=O) groups is 1. The van der Waals surface area contributed by atoms with Crippen LogP contribution in [-0.4, -0.2) is 64.5 Å². The second-order valence-corrected chi connectivity index (χ2v) is 6.23. The Bertz CT molecular complexity index is 759. The lowest BCUT2D eigenvalue weighted by Crippen LogP contribution is -2.43. The van der Waals surface area contributed by atoms with E-state index in [0.717, 1.165) is 11.4 Å². The summed E-state index contributed by atoms with van der Waals surface area (Å²) >= 11 is 0. The highest BCUT2D eigenvalue weighted by atomic mass is 16.5. The van der Waals surface area contributed by atoms with E-state index in [1.807, 2.05) is 32.0 Å². The minimum Gasteiger partial charge on any atom is -0.368 e. The molecule has 1 fully saturated rings. The smallest absolute Gasteiger partial charge is 0.272 e. The average molecular weight is 342 g/mol. The second-order valence-electron chi connectivity index (χ2n) is 6.23. The zero-order chi connectivity index (χ0) is 18.0. The van der Waals surface area contributed by atoms with Crippen molar-refractivity contribution in [2.24, 2.45) is 0 Å². The molecule has 0 aliphatic carbocycles. The van der Waals surface area contributed by atoms with Gasteiger partial charge in [0.25, 0.3) is 5.91 Å². The van der Waals surface area contributed by atoms with Crippen molar-refractivity contribution in [1.82, 2.24) is 24.8 Å². The van der Waals surface area contributed by atoms with Crippen molar-refractivity contribution >= 4 is 11.9 Å². The Kier molecular flexibility index (Phi) is 4.89. The molecule has 8 nitrogen and oxygen atoms in total. The number of hydrogen-bond acceptors (Lipinski definition) is 7. The van der Waals surface area contributed by atoms with Crippen LogP contribution in [0, 0.1) is 13.8 Å². The van der Waals surface area contributed by atoms with Crippen molar-refractivity contribution in [3.8, 4) is 0 Å². The molecule has 132 valence electrons. The highest BCUT2D eigenvalue weighted by molar-refractivity contribution is 5.92. The normalized spacial score (nSPS) is 17.4. The van der Waals surface area contributed by atoms with Crippen molar-refractivity contribution in [2.75, 3.05) is 38.7 Å². The molecule has 0 radical (unpaired) electrons. The van der Waals surface area contributed by atoms with E-state index in [-0.39, 0.29) is 12.0 Å². The van der Waals surface area contributed by atoms with Crippen LogP contribution in [0.4, 0.5) is 5.95 Å². The Morgan fingerprint density at radius 2 is 2.08 bits per heavy atom. The van der Waals surface area contributed by atoms with Gasteiger partial charge in [-0.25, -0.2) is 19.9 Å². The fourth-order valence-corrected chi connectivity index (χ4v) is 2.76. The number of morpholine rings is 1. The van der Waals surface area contributed by atoms with Crippen LogP contribution in [0.5, 0.6) is 0 Å².